The maximum atomic E-state index is 12.3. The number of benzene rings is 1. The minimum absolute atomic E-state index is 0. The van der Waals surface area contributed by atoms with Crippen molar-refractivity contribution in [3.05, 3.63) is 23.8 Å². The predicted octanol–water partition coefficient (Wildman–Crippen LogP) is 2.72. The maximum absolute atomic E-state index is 12.3. The van der Waals surface area contributed by atoms with Crippen LogP contribution in [0.2, 0.25) is 0 Å². The largest absolute Gasteiger partial charge is 0.490 e. The molecule has 0 saturated heterocycles. The summed E-state index contributed by atoms with van der Waals surface area (Å²) in [6.45, 7) is 0.272. The van der Waals surface area contributed by atoms with Crippen LogP contribution in [0.15, 0.2) is 18.2 Å². The third kappa shape index (κ3) is 8.56. The van der Waals surface area contributed by atoms with E-state index >= 15 is 0 Å². The molecule has 0 saturated carbocycles. The molecule has 5 nitrogen and oxygen atoms in total. The Balaban J connectivity index is 0.00000484. The minimum atomic E-state index is -2.91. The standard InChI is InChI=1S/C15H22F2N2O3.ClH/c1-3-21-13-9-11(6-7-12(13)22-15(16)17)10-19-14(20)5-4-8-18-2;/h6-7,9,15,18H,3-5,8,10H2,1-2H3,(H,19,20);1H. The molecule has 0 bridgehead atoms. The smallest absolute Gasteiger partial charge is 0.387 e. The molecular weight excluding hydrogens is 330 g/mol. The molecule has 0 heterocycles. The van der Waals surface area contributed by atoms with Gasteiger partial charge in [-0.25, -0.2) is 0 Å². The first-order chi connectivity index (χ1) is 10.6. The average Bonchev–Trinajstić information content (AvgIpc) is 2.47. The molecule has 1 aromatic carbocycles. The molecule has 23 heavy (non-hydrogen) atoms. The highest BCUT2D eigenvalue weighted by Crippen LogP contribution is 2.29. The highest BCUT2D eigenvalue weighted by molar-refractivity contribution is 5.85. The van der Waals surface area contributed by atoms with Crippen LogP contribution in [0.1, 0.15) is 25.3 Å². The van der Waals surface area contributed by atoms with E-state index in [1.165, 1.54) is 6.07 Å². The number of ether oxygens (including phenoxy) is 2. The van der Waals surface area contributed by atoms with Crippen LogP contribution in [0.5, 0.6) is 11.5 Å². The van der Waals surface area contributed by atoms with Gasteiger partial charge in [0, 0.05) is 13.0 Å². The molecule has 1 aromatic rings. The first-order valence-electron chi connectivity index (χ1n) is 7.18. The van der Waals surface area contributed by atoms with Gasteiger partial charge in [-0.05, 0) is 44.6 Å². The molecule has 1 amide bonds. The summed E-state index contributed by atoms with van der Waals surface area (Å²) in [4.78, 5) is 11.6. The number of rotatable bonds is 10. The van der Waals surface area contributed by atoms with Crippen LogP contribution in [0, 0.1) is 0 Å². The number of carbonyl (C=O) groups is 1. The van der Waals surface area contributed by atoms with Crippen molar-refractivity contribution < 1.29 is 23.0 Å². The lowest BCUT2D eigenvalue weighted by atomic mass is 10.2. The topological polar surface area (TPSA) is 59.6 Å². The number of nitrogens with one attached hydrogen (secondary N) is 2. The van der Waals surface area contributed by atoms with E-state index in [2.05, 4.69) is 15.4 Å². The van der Waals surface area contributed by atoms with Gasteiger partial charge in [-0.2, -0.15) is 8.78 Å². The molecule has 0 aromatic heterocycles. The lowest BCUT2D eigenvalue weighted by Crippen LogP contribution is -2.23. The highest BCUT2D eigenvalue weighted by atomic mass is 35.5. The van der Waals surface area contributed by atoms with Crippen LogP contribution in [0.25, 0.3) is 0 Å². The first-order valence-corrected chi connectivity index (χ1v) is 7.18. The number of amides is 1. The van der Waals surface area contributed by atoms with Gasteiger partial charge in [0.2, 0.25) is 5.91 Å². The molecule has 0 aliphatic carbocycles. The summed E-state index contributed by atoms with van der Waals surface area (Å²) in [7, 11) is 1.83. The molecule has 0 spiro atoms. The summed E-state index contributed by atoms with van der Waals surface area (Å²) in [5.41, 5.74) is 0.757. The molecule has 0 fully saturated rings. The predicted molar refractivity (Wildman–Crippen MR) is 86.5 cm³/mol. The molecule has 0 atom stereocenters. The zero-order valence-electron chi connectivity index (χ0n) is 13.2. The molecule has 2 N–H and O–H groups in total. The number of alkyl halides is 2. The zero-order valence-corrected chi connectivity index (χ0v) is 14.1. The Kier molecular flexibility index (Phi) is 11.1. The number of hydrogen-bond donors (Lipinski definition) is 2. The van der Waals surface area contributed by atoms with Crippen LogP contribution in [-0.2, 0) is 11.3 Å². The van der Waals surface area contributed by atoms with Gasteiger partial charge in [-0.1, -0.05) is 6.07 Å². The van der Waals surface area contributed by atoms with Crippen LogP contribution in [0.3, 0.4) is 0 Å². The van der Waals surface area contributed by atoms with Crippen LogP contribution in [0.4, 0.5) is 8.78 Å². The monoisotopic (exact) mass is 352 g/mol. The van der Waals surface area contributed by atoms with Gasteiger partial charge in [0.25, 0.3) is 0 Å². The van der Waals surface area contributed by atoms with Gasteiger partial charge >= 0.3 is 6.61 Å². The maximum Gasteiger partial charge on any atom is 0.387 e. The number of carbonyl (C=O) groups excluding carboxylic acids is 1. The fourth-order valence-electron chi connectivity index (χ4n) is 1.84. The van der Waals surface area contributed by atoms with Crippen molar-refractivity contribution in [2.24, 2.45) is 0 Å². The van der Waals surface area contributed by atoms with Crippen LogP contribution < -0.4 is 20.1 Å². The minimum Gasteiger partial charge on any atom is -0.490 e. The molecule has 1 rings (SSSR count). The number of hydrogen-bond acceptors (Lipinski definition) is 4. The van der Waals surface area contributed by atoms with Crippen LogP contribution >= 0.6 is 12.4 Å². The lowest BCUT2D eigenvalue weighted by Gasteiger charge is -2.13. The fraction of sp³-hybridized carbons (Fsp3) is 0.533. The van der Waals surface area contributed by atoms with Crippen molar-refractivity contribution in [3.63, 3.8) is 0 Å². The SMILES string of the molecule is CCOc1cc(CNC(=O)CCCNC)ccc1OC(F)F.Cl. The van der Waals surface area contributed by atoms with Crippen LogP contribution in [-0.4, -0.2) is 32.7 Å². The molecule has 0 radical (unpaired) electrons. The summed E-state index contributed by atoms with van der Waals surface area (Å²) in [6.07, 6.45) is 1.19. The Morgan fingerprint density at radius 3 is 2.65 bits per heavy atom. The summed E-state index contributed by atoms with van der Waals surface area (Å²) in [5, 5.41) is 5.74. The third-order valence-corrected chi connectivity index (χ3v) is 2.84. The Labute approximate surface area is 141 Å². The third-order valence-electron chi connectivity index (χ3n) is 2.84. The van der Waals surface area contributed by atoms with E-state index in [1.807, 2.05) is 7.05 Å². The second kappa shape index (κ2) is 11.9. The van der Waals surface area contributed by atoms with E-state index in [-0.39, 0.29) is 29.8 Å². The second-order valence-electron chi connectivity index (χ2n) is 4.58. The normalized spacial score (nSPS) is 10.1. The van der Waals surface area contributed by atoms with Crippen molar-refractivity contribution in [2.45, 2.75) is 32.9 Å². The quantitative estimate of drug-likeness (QED) is 0.636. The summed E-state index contributed by atoms with van der Waals surface area (Å²) >= 11 is 0. The Hall–Kier alpha value is -1.60. The van der Waals surface area contributed by atoms with E-state index in [1.54, 1.807) is 19.1 Å². The van der Waals surface area contributed by atoms with Crippen molar-refractivity contribution >= 4 is 18.3 Å². The van der Waals surface area contributed by atoms with E-state index < -0.39 is 6.61 Å². The van der Waals surface area contributed by atoms with Crippen molar-refractivity contribution in [1.29, 1.82) is 0 Å². The lowest BCUT2D eigenvalue weighted by molar-refractivity contribution is -0.121. The second-order valence-corrected chi connectivity index (χ2v) is 4.58. The highest BCUT2D eigenvalue weighted by Gasteiger charge is 2.12. The van der Waals surface area contributed by atoms with Gasteiger partial charge in [-0.3, -0.25) is 4.79 Å². The van der Waals surface area contributed by atoms with E-state index in [0.29, 0.717) is 19.6 Å². The molecule has 0 aliphatic rings. The van der Waals surface area contributed by atoms with E-state index in [4.69, 9.17) is 4.74 Å². The van der Waals surface area contributed by atoms with Crippen molar-refractivity contribution in [3.8, 4) is 11.5 Å². The molecule has 8 heteroatoms. The summed E-state index contributed by atoms with van der Waals surface area (Å²) < 4.78 is 34.3. The Morgan fingerprint density at radius 2 is 2.04 bits per heavy atom. The van der Waals surface area contributed by atoms with E-state index in [9.17, 15) is 13.6 Å². The number of halogens is 3. The molecule has 0 unspecified atom stereocenters. The summed E-state index contributed by atoms with van der Waals surface area (Å²) in [6, 6.07) is 4.63. The fourth-order valence-corrected chi connectivity index (χ4v) is 1.84. The van der Waals surface area contributed by atoms with Gasteiger partial charge in [0.1, 0.15) is 0 Å². The summed E-state index contributed by atoms with van der Waals surface area (Å²) in [5.74, 6) is 0.173. The first kappa shape index (κ1) is 21.4. The van der Waals surface area contributed by atoms with Gasteiger partial charge in [0.05, 0.1) is 6.61 Å². The van der Waals surface area contributed by atoms with Crippen molar-refractivity contribution in [1.82, 2.24) is 10.6 Å². The van der Waals surface area contributed by atoms with Crippen molar-refractivity contribution in [2.75, 3.05) is 20.2 Å². The zero-order chi connectivity index (χ0) is 16.4. The van der Waals surface area contributed by atoms with Gasteiger partial charge in [-0.15, -0.1) is 12.4 Å². The van der Waals surface area contributed by atoms with Gasteiger partial charge in [0.15, 0.2) is 11.5 Å². The Bertz CT molecular complexity index is 476. The van der Waals surface area contributed by atoms with Gasteiger partial charge < -0.3 is 20.1 Å². The molecule has 0 aliphatic heterocycles. The molecule has 132 valence electrons. The van der Waals surface area contributed by atoms with E-state index in [0.717, 1.165) is 18.5 Å². The molecular formula is C15H23ClF2N2O3. The Morgan fingerprint density at radius 1 is 1.30 bits per heavy atom. The average molecular weight is 353 g/mol.